The molecule has 0 aromatic heterocycles. The van der Waals surface area contributed by atoms with Gasteiger partial charge in [-0.1, -0.05) is 29.8 Å². The lowest BCUT2D eigenvalue weighted by Crippen LogP contribution is -2.44. The first-order chi connectivity index (χ1) is 10.5. The van der Waals surface area contributed by atoms with Gasteiger partial charge in [0, 0.05) is 6.54 Å². The third-order valence-electron chi connectivity index (χ3n) is 3.88. The predicted octanol–water partition coefficient (Wildman–Crippen LogP) is 0.826. The van der Waals surface area contributed by atoms with Crippen LogP contribution in [0.5, 0.6) is 0 Å². The number of aryl methyl sites for hydroxylation is 1. The normalized spacial score (nSPS) is 22.3. The van der Waals surface area contributed by atoms with E-state index in [4.69, 9.17) is 0 Å². The number of hydrogen-bond donors (Lipinski definition) is 3. The van der Waals surface area contributed by atoms with E-state index in [1.807, 2.05) is 31.2 Å². The van der Waals surface area contributed by atoms with E-state index >= 15 is 0 Å². The van der Waals surface area contributed by atoms with Crippen molar-refractivity contribution in [3.05, 3.63) is 46.7 Å². The molecular formula is C16H19N3O3. The van der Waals surface area contributed by atoms with E-state index in [-0.39, 0.29) is 18.5 Å². The van der Waals surface area contributed by atoms with Crippen molar-refractivity contribution >= 4 is 11.9 Å². The summed E-state index contributed by atoms with van der Waals surface area (Å²) in [5.74, 6) is -0.144. The molecule has 0 bridgehead atoms. The summed E-state index contributed by atoms with van der Waals surface area (Å²) in [7, 11) is 0. The van der Waals surface area contributed by atoms with Gasteiger partial charge in [0.05, 0.1) is 30.0 Å². The minimum absolute atomic E-state index is 0.144. The zero-order valence-electron chi connectivity index (χ0n) is 12.6. The van der Waals surface area contributed by atoms with Gasteiger partial charge < -0.3 is 20.6 Å². The Bertz CT molecular complexity index is 666. The highest BCUT2D eigenvalue weighted by atomic mass is 16.3. The highest BCUT2D eigenvalue weighted by Crippen LogP contribution is 2.32. The Balaban J connectivity index is 1.96. The van der Waals surface area contributed by atoms with Crippen LogP contribution in [0.2, 0.25) is 0 Å². The van der Waals surface area contributed by atoms with Crippen LogP contribution in [0.4, 0.5) is 4.79 Å². The fraction of sp³-hybridized carbons (Fsp3) is 0.375. The van der Waals surface area contributed by atoms with Gasteiger partial charge in [0.2, 0.25) is 0 Å². The molecule has 6 heteroatoms. The molecule has 3 N–H and O–H groups in total. The second-order valence-corrected chi connectivity index (χ2v) is 5.87. The van der Waals surface area contributed by atoms with Crippen LogP contribution in [0.25, 0.3) is 0 Å². The zero-order valence-corrected chi connectivity index (χ0v) is 12.6. The van der Waals surface area contributed by atoms with Crippen LogP contribution in [0.15, 0.2) is 35.5 Å². The average molecular weight is 301 g/mol. The Morgan fingerprint density at radius 1 is 1.41 bits per heavy atom. The highest BCUT2D eigenvalue weighted by Gasteiger charge is 2.40. The van der Waals surface area contributed by atoms with Crippen LogP contribution in [-0.2, 0) is 4.79 Å². The van der Waals surface area contributed by atoms with E-state index in [0.29, 0.717) is 17.8 Å². The lowest BCUT2D eigenvalue weighted by molar-refractivity contribution is -0.126. The topological polar surface area (TPSA) is 81.7 Å². The van der Waals surface area contributed by atoms with Crippen molar-refractivity contribution in [2.45, 2.75) is 26.0 Å². The van der Waals surface area contributed by atoms with Crippen molar-refractivity contribution in [1.29, 1.82) is 0 Å². The molecule has 2 heterocycles. The fourth-order valence-electron chi connectivity index (χ4n) is 2.99. The van der Waals surface area contributed by atoms with Crippen LogP contribution in [0.3, 0.4) is 0 Å². The van der Waals surface area contributed by atoms with E-state index in [2.05, 4.69) is 10.6 Å². The summed E-state index contributed by atoms with van der Waals surface area (Å²) in [6.45, 7) is 4.19. The Morgan fingerprint density at radius 3 is 2.86 bits per heavy atom. The second-order valence-electron chi connectivity index (χ2n) is 5.87. The number of hydrogen-bond acceptors (Lipinski definition) is 3. The molecule has 1 aromatic rings. The molecule has 6 nitrogen and oxygen atoms in total. The SMILES string of the molecule is Cc1cccc(C2NC(=O)NC3=C2C(=O)N(CC(C)O)C3)c1. The smallest absolute Gasteiger partial charge is 0.319 e. The van der Waals surface area contributed by atoms with Crippen LogP contribution in [-0.4, -0.2) is 41.1 Å². The van der Waals surface area contributed by atoms with Crippen molar-refractivity contribution < 1.29 is 14.7 Å². The standard InChI is InChI=1S/C16H19N3O3/c1-9-4-3-5-11(6-9)14-13-12(17-16(22)18-14)8-19(15(13)21)7-10(2)20/h3-6,10,14,20H,7-8H2,1-2H3,(H2,17,18,22). The lowest BCUT2D eigenvalue weighted by Gasteiger charge is -2.25. The molecule has 0 spiro atoms. The number of nitrogens with one attached hydrogen (secondary N) is 2. The Labute approximate surface area is 128 Å². The fourth-order valence-corrected chi connectivity index (χ4v) is 2.99. The first kappa shape index (κ1) is 14.6. The van der Waals surface area contributed by atoms with Crippen molar-refractivity contribution in [2.75, 3.05) is 13.1 Å². The molecule has 0 saturated carbocycles. The van der Waals surface area contributed by atoms with Gasteiger partial charge in [-0.15, -0.1) is 0 Å². The molecule has 116 valence electrons. The molecule has 0 fully saturated rings. The number of urea groups is 1. The van der Waals surface area contributed by atoms with Gasteiger partial charge in [0.15, 0.2) is 0 Å². The minimum Gasteiger partial charge on any atom is -0.392 e. The number of benzene rings is 1. The summed E-state index contributed by atoms with van der Waals surface area (Å²) in [4.78, 5) is 26.1. The summed E-state index contributed by atoms with van der Waals surface area (Å²) in [6, 6.07) is 6.99. The Kier molecular flexibility index (Phi) is 3.62. The summed E-state index contributed by atoms with van der Waals surface area (Å²) < 4.78 is 0. The van der Waals surface area contributed by atoms with Gasteiger partial charge >= 0.3 is 6.03 Å². The maximum absolute atomic E-state index is 12.6. The highest BCUT2D eigenvalue weighted by molar-refractivity contribution is 6.01. The zero-order chi connectivity index (χ0) is 15.9. The van der Waals surface area contributed by atoms with Gasteiger partial charge in [0.1, 0.15) is 0 Å². The van der Waals surface area contributed by atoms with E-state index in [1.165, 1.54) is 0 Å². The molecule has 3 amide bonds. The molecule has 2 atom stereocenters. The summed E-state index contributed by atoms with van der Waals surface area (Å²) in [5.41, 5.74) is 3.14. The van der Waals surface area contributed by atoms with E-state index < -0.39 is 12.1 Å². The number of carbonyl (C=O) groups excluding carboxylic acids is 2. The molecule has 22 heavy (non-hydrogen) atoms. The molecule has 0 radical (unpaired) electrons. The van der Waals surface area contributed by atoms with Gasteiger partial charge in [-0.3, -0.25) is 4.79 Å². The lowest BCUT2D eigenvalue weighted by atomic mass is 9.95. The van der Waals surface area contributed by atoms with Crippen molar-refractivity contribution in [3.63, 3.8) is 0 Å². The summed E-state index contributed by atoms with van der Waals surface area (Å²) in [6.07, 6.45) is -0.605. The number of aliphatic hydroxyl groups excluding tert-OH is 1. The average Bonchev–Trinajstić information content (AvgIpc) is 2.73. The molecular weight excluding hydrogens is 282 g/mol. The number of β-amino-alcohol motifs (C(OH)–C–C–N with tert-alkyl or cyclic N) is 1. The van der Waals surface area contributed by atoms with Crippen LogP contribution >= 0.6 is 0 Å². The molecule has 0 saturated heterocycles. The number of carbonyl (C=O) groups is 2. The second kappa shape index (κ2) is 5.46. The van der Waals surface area contributed by atoms with E-state index in [9.17, 15) is 14.7 Å². The molecule has 0 aliphatic carbocycles. The molecule has 3 rings (SSSR count). The Morgan fingerprint density at radius 2 is 2.18 bits per heavy atom. The predicted molar refractivity (Wildman–Crippen MR) is 80.9 cm³/mol. The molecule has 2 aliphatic heterocycles. The molecule has 2 aliphatic rings. The monoisotopic (exact) mass is 301 g/mol. The van der Waals surface area contributed by atoms with Crippen LogP contribution in [0, 0.1) is 6.92 Å². The van der Waals surface area contributed by atoms with Crippen molar-refractivity contribution in [3.8, 4) is 0 Å². The van der Waals surface area contributed by atoms with Gasteiger partial charge in [-0.2, -0.15) is 0 Å². The number of rotatable bonds is 3. The van der Waals surface area contributed by atoms with Crippen LogP contribution in [0.1, 0.15) is 24.1 Å². The summed E-state index contributed by atoms with van der Waals surface area (Å²) in [5, 5.41) is 15.0. The largest absolute Gasteiger partial charge is 0.392 e. The van der Waals surface area contributed by atoms with Crippen molar-refractivity contribution in [2.24, 2.45) is 0 Å². The summed E-state index contributed by atoms with van der Waals surface area (Å²) >= 11 is 0. The quantitative estimate of drug-likeness (QED) is 0.773. The van der Waals surface area contributed by atoms with Gasteiger partial charge in [-0.25, -0.2) is 4.79 Å². The third kappa shape index (κ3) is 2.57. The molecule has 1 aromatic carbocycles. The molecule has 2 unspecified atom stereocenters. The van der Waals surface area contributed by atoms with Gasteiger partial charge in [-0.05, 0) is 19.4 Å². The Hall–Kier alpha value is -2.34. The first-order valence-corrected chi connectivity index (χ1v) is 7.30. The minimum atomic E-state index is -0.605. The third-order valence-corrected chi connectivity index (χ3v) is 3.88. The van der Waals surface area contributed by atoms with Gasteiger partial charge in [0.25, 0.3) is 5.91 Å². The van der Waals surface area contributed by atoms with Crippen molar-refractivity contribution in [1.82, 2.24) is 15.5 Å². The van der Waals surface area contributed by atoms with E-state index in [0.717, 1.165) is 11.1 Å². The number of aliphatic hydroxyl groups is 1. The van der Waals surface area contributed by atoms with E-state index in [1.54, 1.807) is 11.8 Å². The van der Waals surface area contributed by atoms with Crippen LogP contribution < -0.4 is 10.6 Å². The maximum atomic E-state index is 12.6. The number of nitrogens with zero attached hydrogens (tertiary/aromatic N) is 1. The number of amides is 3. The first-order valence-electron chi connectivity index (χ1n) is 7.30. The maximum Gasteiger partial charge on any atom is 0.319 e.